The summed E-state index contributed by atoms with van der Waals surface area (Å²) in [5, 5.41) is 8.85. The van der Waals surface area contributed by atoms with Crippen molar-refractivity contribution < 1.29 is 4.39 Å². The van der Waals surface area contributed by atoms with Gasteiger partial charge in [-0.1, -0.05) is 0 Å². The first-order valence-corrected chi connectivity index (χ1v) is 8.79. The Labute approximate surface area is 145 Å². The lowest BCUT2D eigenvalue weighted by Gasteiger charge is -2.28. The molecular weight excluding hydrogens is 325 g/mol. The van der Waals surface area contributed by atoms with Gasteiger partial charge in [-0.3, -0.25) is 4.90 Å². The van der Waals surface area contributed by atoms with Crippen molar-refractivity contribution in [1.82, 2.24) is 14.9 Å². The van der Waals surface area contributed by atoms with Crippen molar-refractivity contribution in [2.75, 3.05) is 25.0 Å². The van der Waals surface area contributed by atoms with Gasteiger partial charge in [0, 0.05) is 43.8 Å². The van der Waals surface area contributed by atoms with Crippen LogP contribution in [0, 0.1) is 18.3 Å². The highest BCUT2D eigenvalue weighted by Gasteiger charge is 2.33. The van der Waals surface area contributed by atoms with Crippen LogP contribution in [0.3, 0.4) is 0 Å². The van der Waals surface area contributed by atoms with Crippen LogP contribution < -0.4 is 4.90 Å². The van der Waals surface area contributed by atoms with Crippen molar-refractivity contribution in [3.8, 4) is 6.07 Å². The summed E-state index contributed by atoms with van der Waals surface area (Å²) in [5.41, 5.74) is 3.41. The summed E-state index contributed by atoms with van der Waals surface area (Å²) in [5.74, 6) is 0.797. The molecule has 126 valence electrons. The molecule has 0 spiro atoms. The zero-order valence-corrected chi connectivity index (χ0v) is 14.6. The lowest BCUT2D eigenvalue weighted by Crippen LogP contribution is -2.38. The smallest absolute Gasteiger partial charge is 0.128 e. The van der Waals surface area contributed by atoms with E-state index in [2.05, 4.69) is 20.9 Å². The van der Waals surface area contributed by atoms with E-state index in [0.717, 1.165) is 18.1 Å². The standard InChI is InChI=1S/C17H20FN5S/c1-12-16(24-11-21-12)10-23-8-14(18)5-15(23)9-22(2)17-4-3-13(6-19)7-20-17/h3-4,7,11,14-15H,5,8-10H2,1-2H3/t14-,15-/m0/s1. The van der Waals surface area contributed by atoms with E-state index in [1.807, 2.05) is 30.4 Å². The van der Waals surface area contributed by atoms with Crippen molar-refractivity contribution in [2.24, 2.45) is 0 Å². The second-order valence-electron chi connectivity index (χ2n) is 6.17. The van der Waals surface area contributed by atoms with Gasteiger partial charge in [0.25, 0.3) is 0 Å². The Morgan fingerprint density at radius 2 is 2.29 bits per heavy atom. The molecule has 1 aliphatic heterocycles. The average Bonchev–Trinajstić information content (AvgIpc) is 3.13. The Balaban J connectivity index is 1.67. The molecule has 7 heteroatoms. The lowest BCUT2D eigenvalue weighted by molar-refractivity contribution is 0.238. The minimum Gasteiger partial charge on any atom is -0.358 e. The molecule has 0 unspecified atom stereocenters. The van der Waals surface area contributed by atoms with E-state index in [1.54, 1.807) is 23.6 Å². The largest absolute Gasteiger partial charge is 0.358 e. The van der Waals surface area contributed by atoms with Gasteiger partial charge in [0.1, 0.15) is 18.1 Å². The number of hydrogen-bond donors (Lipinski definition) is 0. The van der Waals surface area contributed by atoms with Gasteiger partial charge in [-0.05, 0) is 25.5 Å². The fourth-order valence-electron chi connectivity index (χ4n) is 3.06. The third-order valence-corrected chi connectivity index (χ3v) is 5.34. The maximum atomic E-state index is 14.0. The zero-order valence-electron chi connectivity index (χ0n) is 13.8. The summed E-state index contributed by atoms with van der Waals surface area (Å²) in [6, 6.07) is 5.79. The molecule has 1 saturated heterocycles. The third-order valence-electron chi connectivity index (χ3n) is 4.42. The molecule has 3 heterocycles. The molecule has 2 atom stereocenters. The van der Waals surface area contributed by atoms with E-state index < -0.39 is 6.17 Å². The van der Waals surface area contributed by atoms with Crippen LogP contribution in [0.25, 0.3) is 0 Å². The fourth-order valence-corrected chi connectivity index (χ4v) is 3.86. The van der Waals surface area contributed by atoms with Crippen molar-refractivity contribution in [1.29, 1.82) is 5.26 Å². The van der Waals surface area contributed by atoms with Gasteiger partial charge in [-0.2, -0.15) is 5.26 Å². The van der Waals surface area contributed by atoms with Gasteiger partial charge < -0.3 is 4.90 Å². The summed E-state index contributed by atoms with van der Waals surface area (Å²) in [7, 11) is 1.95. The Morgan fingerprint density at radius 3 is 2.92 bits per heavy atom. The zero-order chi connectivity index (χ0) is 17.1. The average molecular weight is 345 g/mol. The number of halogens is 1. The maximum Gasteiger partial charge on any atom is 0.128 e. The summed E-state index contributed by atoms with van der Waals surface area (Å²) in [6.07, 6.45) is 1.32. The van der Waals surface area contributed by atoms with Crippen molar-refractivity contribution in [2.45, 2.75) is 32.1 Å². The number of aromatic nitrogens is 2. The lowest BCUT2D eigenvalue weighted by atomic mass is 10.2. The van der Waals surface area contributed by atoms with E-state index in [4.69, 9.17) is 5.26 Å². The number of thiazole rings is 1. The molecule has 2 aromatic rings. The second-order valence-corrected chi connectivity index (χ2v) is 7.11. The normalized spacial score (nSPS) is 20.9. The Kier molecular flexibility index (Phi) is 5.07. The van der Waals surface area contributed by atoms with Crippen molar-refractivity contribution in [3.05, 3.63) is 40.0 Å². The topological polar surface area (TPSA) is 56.1 Å². The molecule has 3 rings (SSSR count). The highest BCUT2D eigenvalue weighted by molar-refractivity contribution is 7.09. The summed E-state index contributed by atoms with van der Waals surface area (Å²) >= 11 is 1.63. The SMILES string of the molecule is Cc1ncsc1CN1C[C@@H](F)C[C@H]1CN(C)c1ccc(C#N)cn1. The first-order valence-electron chi connectivity index (χ1n) is 7.91. The molecule has 1 fully saturated rings. The van der Waals surface area contributed by atoms with Gasteiger partial charge in [0.15, 0.2) is 0 Å². The molecule has 0 radical (unpaired) electrons. The minimum atomic E-state index is -0.787. The van der Waals surface area contributed by atoms with Crippen molar-refractivity contribution in [3.63, 3.8) is 0 Å². The van der Waals surface area contributed by atoms with Crippen LogP contribution in [0.1, 0.15) is 22.6 Å². The van der Waals surface area contributed by atoms with E-state index >= 15 is 0 Å². The number of likely N-dealkylation sites (tertiary alicyclic amines) is 1. The number of alkyl halides is 1. The Morgan fingerprint density at radius 1 is 1.46 bits per heavy atom. The third kappa shape index (κ3) is 3.71. The minimum absolute atomic E-state index is 0.143. The van der Waals surface area contributed by atoms with Crippen molar-refractivity contribution >= 4 is 17.2 Å². The molecule has 0 aliphatic carbocycles. The fraction of sp³-hybridized carbons (Fsp3) is 0.471. The maximum absolute atomic E-state index is 14.0. The summed E-state index contributed by atoms with van der Waals surface area (Å²) in [4.78, 5) is 14.0. The molecule has 5 nitrogen and oxygen atoms in total. The molecule has 0 aromatic carbocycles. The van der Waals surface area contributed by atoms with Crippen LogP contribution in [-0.2, 0) is 6.54 Å². The summed E-state index contributed by atoms with van der Waals surface area (Å²) < 4.78 is 14.0. The van der Waals surface area contributed by atoms with Crippen LogP contribution in [0.5, 0.6) is 0 Å². The highest BCUT2D eigenvalue weighted by atomic mass is 32.1. The molecular formula is C17H20FN5S. The molecule has 2 aromatic heterocycles. The Bertz CT molecular complexity index is 723. The monoisotopic (exact) mass is 345 g/mol. The molecule has 24 heavy (non-hydrogen) atoms. The number of hydrogen-bond acceptors (Lipinski definition) is 6. The number of nitrogens with zero attached hydrogens (tertiary/aromatic N) is 5. The first kappa shape index (κ1) is 16.8. The van der Waals surface area contributed by atoms with Gasteiger partial charge in [-0.15, -0.1) is 11.3 Å². The molecule has 1 aliphatic rings. The van der Waals surface area contributed by atoms with Gasteiger partial charge in [0.2, 0.25) is 0 Å². The van der Waals surface area contributed by atoms with Crippen LogP contribution in [-0.4, -0.2) is 47.2 Å². The van der Waals surface area contributed by atoms with E-state index in [-0.39, 0.29) is 6.04 Å². The number of likely N-dealkylation sites (N-methyl/N-ethyl adjacent to an activating group) is 1. The molecule has 0 N–H and O–H groups in total. The molecule has 0 saturated carbocycles. The first-order chi connectivity index (χ1) is 11.6. The predicted octanol–water partition coefficient (Wildman–Crippen LogP) is 2.77. The van der Waals surface area contributed by atoms with E-state index in [9.17, 15) is 4.39 Å². The molecule has 0 bridgehead atoms. The Hall–Kier alpha value is -2.04. The molecule has 0 amide bonds. The number of rotatable bonds is 5. The van der Waals surface area contributed by atoms with E-state index in [0.29, 0.717) is 25.1 Å². The van der Waals surface area contributed by atoms with Gasteiger partial charge in [0.05, 0.1) is 16.8 Å². The van der Waals surface area contributed by atoms with Gasteiger partial charge in [-0.25, -0.2) is 14.4 Å². The predicted molar refractivity (Wildman–Crippen MR) is 92.8 cm³/mol. The summed E-state index contributed by atoms with van der Waals surface area (Å²) in [6.45, 7) is 3.92. The van der Waals surface area contributed by atoms with Crippen LogP contribution in [0.4, 0.5) is 10.2 Å². The second kappa shape index (κ2) is 7.24. The van der Waals surface area contributed by atoms with Crippen LogP contribution in [0.15, 0.2) is 23.8 Å². The van der Waals surface area contributed by atoms with E-state index in [1.165, 1.54) is 4.88 Å². The van der Waals surface area contributed by atoms with Crippen LogP contribution >= 0.6 is 11.3 Å². The number of pyridine rings is 1. The van der Waals surface area contributed by atoms with Gasteiger partial charge >= 0.3 is 0 Å². The highest BCUT2D eigenvalue weighted by Crippen LogP contribution is 2.26. The quantitative estimate of drug-likeness (QED) is 0.834. The number of nitriles is 1. The number of aryl methyl sites for hydroxylation is 1. The number of anilines is 1. The van der Waals surface area contributed by atoms with Crippen LogP contribution in [0.2, 0.25) is 0 Å².